The maximum atomic E-state index is 12.6. The van der Waals surface area contributed by atoms with Gasteiger partial charge in [-0.2, -0.15) is 0 Å². The van der Waals surface area contributed by atoms with Gasteiger partial charge in [-0.25, -0.2) is 4.79 Å². The van der Waals surface area contributed by atoms with Crippen LogP contribution in [0.15, 0.2) is 15.7 Å². The van der Waals surface area contributed by atoms with Gasteiger partial charge in [0.1, 0.15) is 5.82 Å². The Kier molecular flexibility index (Phi) is 6.33. The summed E-state index contributed by atoms with van der Waals surface area (Å²) in [4.78, 5) is 41.0. The summed E-state index contributed by atoms with van der Waals surface area (Å²) in [6, 6.07) is 1.47. The Bertz CT molecular complexity index is 781. The molecule has 0 aromatic carbocycles. The fourth-order valence-corrected chi connectivity index (χ4v) is 3.73. The number of carbonyl (C=O) groups excluding carboxylic acids is 1. The lowest BCUT2D eigenvalue weighted by molar-refractivity contribution is -0.125. The van der Waals surface area contributed by atoms with E-state index in [0.29, 0.717) is 18.9 Å². The average Bonchev–Trinajstić information content (AvgIpc) is 2.70. The van der Waals surface area contributed by atoms with E-state index in [-0.39, 0.29) is 23.1 Å². The molecule has 3 rings (SSSR count). The van der Waals surface area contributed by atoms with Crippen LogP contribution in [0.2, 0.25) is 0 Å². The Morgan fingerprint density at radius 3 is 2.67 bits per heavy atom. The first-order valence-corrected chi connectivity index (χ1v) is 9.57. The first-order valence-electron chi connectivity index (χ1n) is 9.57. The van der Waals surface area contributed by atoms with E-state index in [1.54, 1.807) is 7.05 Å². The van der Waals surface area contributed by atoms with Crippen LogP contribution in [0.1, 0.15) is 12.8 Å². The van der Waals surface area contributed by atoms with Crippen molar-refractivity contribution in [2.45, 2.75) is 12.8 Å². The first kappa shape index (κ1) is 19.6. The first-order chi connectivity index (χ1) is 13.0. The number of rotatable bonds is 5. The molecule has 0 radical (unpaired) electrons. The van der Waals surface area contributed by atoms with Crippen LogP contribution in [0.4, 0.5) is 5.82 Å². The smallest absolute Gasteiger partial charge is 0.332 e. The van der Waals surface area contributed by atoms with Gasteiger partial charge in [0, 0.05) is 59.4 Å². The van der Waals surface area contributed by atoms with E-state index in [4.69, 9.17) is 4.74 Å². The van der Waals surface area contributed by atoms with Gasteiger partial charge in [0.05, 0.1) is 19.1 Å². The molecular weight excluding hydrogens is 350 g/mol. The highest BCUT2D eigenvalue weighted by atomic mass is 16.5. The number of amides is 1. The van der Waals surface area contributed by atoms with Gasteiger partial charge < -0.3 is 15.0 Å². The molecule has 2 saturated heterocycles. The molecular formula is C18H29N5O4. The highest BCUT2D eigenvalue weighted by Crippen LogP contribution is 2.21. The van der Waals surface area contributed by atoms with Gasteiger partial charge in [-0.05, 0) is 12.8 Å². The van der Waals surface area contributed by atoms with Gasteiger partial charge in [0.2, 0.25) is 5.91 Å². The summed E-state index contributed by atoms with van der Waals surface area (Å²) < 4.78 is 7.89. The second-order valence-electron chi connectivity index (χ2n) is 7.27. The van der Waals surface area contributed by atoms with Gasteiger partial charge in [-0.1, -0.05) is 0 Å². The number of anilines is 1. The Morgan fingerprint density at radius 2 is 1.93 bits per heavy atom. The molecule has 0 saturated carbocycles. The third-order valence-electron chi connectivity index (χ3n) is 5.45. The third-order valence-corrected chi connectivity index (χ3v) is 5.45. The van der Waals surface area contributed by atoms with E-state index < -0.39 is 0 Å². The fourth-order valence-electron chi connectivity index (χ4n) is 3.73. The van der Waals surface area contributed by atoms with Crippen molar-refractivity contribution in [1.82, 2.24) is 19.4 Å². The third kappa shape index (κ3) is 4.59. The molecule has 1 atom stereocenters. The van der Waals surface area contributed by atoms with Crippen LogP contribution in [-0.4, -0.2) is 72.4 Å². The van der Waals surface area contributed by atoms with Crippen molar-refractivity contribution >= 4 is 11.7 Å². The van der Waals surface area contributed by atoms with Gasteiger partial charge in [0.25, 0.3) is 5.56 Å². The predicted octanol–water partition coefficient (Wildman–Crippen LogP) is -1.25. The van der Waals surface area contributed by atoms with Gasteiger partial charge >= 0.3 is 5.69 Å². The minimum Gasteiger partial charge on any atom is -0.379 e. The second-order valence-corrected chi connectivity index (χ2v) is 7.27. The monoisotopic (exact) mass is 379 g/mol. The molecule has 2 aliphatic heterocycles. The highest BCUT2D eigenvalue weighted by Gasteiger charge is 2.27. The minimum absolute atomic E-state index is 0.0433. The van der Waals surface area contributed by atoms with Crippen LogP contribution in [0.25, 0.3) is 0 Å². The maximum absolute atomic E-state index is 12.6. The van der Waals surface area contributed by atoms with Crippen molar-refractivity contribution in [2.24, 2.45) is 20.0 Å². The summed E-state index contributed by atoms with van der Waals surface area (Å²) in [5.74, 6) is 0.485. The van der Waals surface area contributed by atoms with Crippen molar-refractivity contribution in [3.63, 3.8) is 0 Å². The van der Waals surface area contributed by atoms with Gasteiger partial charge in [-0.15, -0.1) is 0 Å². The number of ether oxygens (including phenoxy) is 1. The number of piperidine rings is 1. The Hall–Kier alpha value is -2.13. The van der Waals surface area contributed by atoms with Crippen LogP contribution >= 0.6 is 0 Å². The molecule has 2 fully saturated rings. The van der Waals surface area contributed by atoms with E-state index >= 15 is 0 Å². The topological polar surface area (TPSA) is 88.8 Å². The molecule has 0 spiro atoms. The zero-order valence-electron chi connectivity index (χ0n) is 16.1. The van der Waals surface area contributed by atoms with E-state index in [1.165, 1.54) is 17.7 Å². The normalized spacial score (nSPS) is 21.3. The Balaban J connectivity index is 1.58. The van der Waals surface area contributed by atoms with Crippen LogP contribution < -0.4 is 21.5 Å². The van der Waals surface area contributed by atoms with E-state index in [9.17, 15) is 14.4 Å². The van der Waals surface area contributed by atoms with Crippen molar-refractivity contribution < 1.29 is 9.53 Å². The molecule has 1 unspecified atom stereocenters. The standard InChI is InChI=1S/C18H29N5O4/c1-20-15(12-16(24)21(2)18(20)26)23-6-3-4-14(13-23)17(25)19-5-7-22-8-10-27-11-9-22/h12,14H,3-11,13H2,1-2H3,(H,19,25). The number of hydrogen-bond acceptors (Lipinski definition) is 6. The molecule has 9 heteroatoms. The molecule has 0 bridgehead atoms. The lowest BCUT2D eigenvalue weighted by Crippen LogP contribution is -2.48. The Labute approximate surface area is 158 Å². The quantitative estimate of drug-likeness (QED) is 0.688. The van der Waals surface area contributed by atoms with E-state index in [0.717, 1.165) is 56.8 Å². The predicted molar refractivity (Wildman–Crippen MR) is 102 cm³/mol. The number of nitrogens with zero attached hydrogens (tertiary/aromatic N) is 4. The van der Waals surface area contributed by atoms with Crippen LogP contribution in [0.5, 0.6) is 0 Å². The molecule has 9 nitrogen and oxygen atoms in total. The molecule has 1 aromatic heterocycles. The SMILES string of the molecule is Cn1c(N2CCCC(C(=O)NCCN3CCOCC3)C2)cc(=O)n(C)c1=O. The fraction of sp³-hybridized carbons (Fsp3) is 0.722. The zero-order valence-corrected chi connectivity index (χ0v) is 16.1. The summed E-state index contributed by atoms with van der Waals surface area (Å²) in [6.07, 6.45) is 1.67. The molecule has 0 aliphatic carbocycles. The molecule has 2 aliphatic rings. The summed E-state index contributed by atoms with van der Waals surface area (Å²) in [5, 5.41) is 3.04. The minimum atomic E-state index is -0.352. The van der Waals surface area contributed by atoms with Crippen molar-refractivity contribution in [1.29, 1.82) is 0 Å². The summed E-state index contributed by atoms with van der Waals surface area (Å²) in [6.45, 7) is 6.02. The molecule has 3 heterocycles. The van der Waals surface area contributed by atoms with Crippen LogP contribution in [-0.2, 0) is 23.6 Å². The molecule has 1 amide bonds. The number of morpholine rings is 1. The van der Waals surface area contributed by atoms with E-state index in [2.05, 4.69) is 10.2 Å². The summed E-state index contributed by atoms with van der Waals surface area (Å²) >= 11 is 0. The summed E-state index contributed by atoms with van der Waals surface area (Å²) in [5.41, 5.74) is -0.681. The van der Waals surface area contributed by atoms with Crippen LogP contribution in [0, 0.1) is 5.92 Å². The number of aromatic nitrogens is 2. The number of hydrogen-bond donors (Lipinski definition) is 1. The van der Waals surface area contributed by atoms with E-state index in [1.807, 2.05) is 4.90 Å². The summed E-state index contributed by atoms with van der Waals surface area (Å²) in [7, 11) is 3.12. The van der Waals surface area contributed by atoms with Gasteiger partial charge in [-0.3, -0.25) is 23.6 Å². The number of nitrogens with one attached hydrogen (secondary N) is 1. The lowest BCUT2D eigenvalue weighted by Gasteiger charge is -2.34. The zero-order chi connectivity index (χ0) is 19.4. The maximum Gasteiger partial charge on any atom is 0.332 e. The average molecular weight is 379 g/mol. The van der Waals surface area contributed by atoms with Crippen molar-refractivity contribution in [2.75, 3.05) is 57.4 Å². The Morgan fingerprint density at radius 1 is 1.19 bits per heavy atom. The molecule has 150 valence electrons. The van der Waals surface area contributed by atoms with Gasteiger partial charge in [0.15, 0.2) is 0 Å². The molecule has 1 aromatic rings. The number of carbonyl (C=O) groups is 1. The molecule has 1 N–H and O–H groups in total. The van der Waals surface area contributed by atoms with Crippen molar-refractivity contribution in [3.05, 3.63) is 26.9 Å². The molecule has 27 heavy (non-hydrogen) atoms. The lowest BCUT2D eigenvalue weighted by atomic mass is 9.97. The van der Waals surface area contributed by atoms with Crippen molar-refractivity contribution in [3.8, 4) is 0 Å². The highest BCUT2D eigenvalue weighted by molar-refractivity contribution is 5.79. The second kappa shape index (κ2) is 8.71. The van der Waals surface area contributed by atoms with Crippen LogP contribution in [0.3, 0.4) is 0 Å². The largest absolute Gasteiger partial charge is 0.379 e.